The third kappa shape index (κ3) is 4.47. The second kappa shape index (κ2) is 7.97. The maximum absolute atomic E-state index is 12.9. The lowest BCUT2D eigenvalue weighted by molar-refractivity contribution is -0.137. The maximum atomic E-state index is 12.9. The molecule has 0 saturated heterocycles. The lowest BCUT2D eigenvalue weighted by Gasteiger charge is -2.10. The van der Waals surface area contributed by atoms with Gasteiger partial charge in [-0.1, -0.05) is 15.7 Å². The molecule has 2 aromatic heterocycles. The number of hydrogen-bond donors (Lipinski definition) is 0. The molecule has 3 aromatic rings. The lowest BCUT2D eigenvalue weighted by atomic mass is 10.2. The zero-order chi connectivity index (χ0) is 20.3. The van der Waals surface area contributed by atoms with E-state index in [0.717, 1.165) is 22.7 Å². The molecule has 0 spiro atoms. The Morgan fingerprint density at radius 1 is 1.25 bits per heavy atom. The smallest absolute Gasteiger partial charge is 0.416 e. The van der Waals surface area contributed by atoms with Crippen LogP contribution in [0.15, 0.2) is 29.4 Å². The van der Waals surface area contributed by atoms with E-state index in [2.05, 4.69) is 19.8 Å². The molecule has 1 aromatic carbocycles. The van der Waals surface area contributed by atoms with E-state index in [1.54, 1.807) is 14.0 Å². The zero-order valence-electron chi connectivity index (χ0n) is 15.2. The van der Waals surface area contributed by atoms with Crippen LogP contribution in [0.3, 0.4) is 0 Å². The Kier molecular flexibility index (Phi) is 5.63. The minimum absolute atomic E-state index is 0.0414. The molecule has 0 saturated carbocycles. The van der Waals surface area contributed by atoms with Gasteiger partial charge in [-0.3, -0.25) is 0 Å². The lowest BCUT2D eigenvalue weighted by Crippen LogP contribution is -2.05. The van der Waals surface area contributed by atoms with Crippen LogP contribution in [0.4, 0.5) is 13.2 Å². The van der Waals surface area contributed by atoms with Crippen molar-refractivity contribution in [2.24, 2.45) is 12.2 Å². The topological polar surface area (TPSA) is 74.4 Å². The first-order valence-electron chi connectivity index (χ1n) is 8.07. The van der Waals surface area contributed by atoms with E-state index in [9.17, 15) is 13.2 Å². The highest BCUT2D eigenvalue weighted by molar-refractivity contribution is 7.05. The summed E-state index contributed by atoms with van der Waals surface area (Å²) >= 11 is 1.22. The van der Waals surface area contributed by atoms with Gasteiger partial charge < -0.3 is 9.57 Å². The molecule has 148 valence electrons. The van der Waals surface area contributed by atoms with Crippen LogP contribution in [0.2, 0.25) is 0 Å². The Morgan fingerprint density at radius 2 is 2.04 bits per heavy atom. The second-order valence-electron chi connectivity index (χ2n) is 5.84. The summed E-state index contributed by atoms with van der Waals surface area (Å²) in [4.78, 5) is 6.10. The molecular formula is C17H16F3N5O2S. The number of oxime groups is 1. The third-order valence-electron chi connectivity index (χ3n) is 3.79. The Labute approximate surface area is 162 Å². The van der Waals surface area contributed by atoms with E-state index in [0.29, 0.717) is 11.3 Å². The molecule has 0 fully saturated rings. The van der Waals surface area contributed by atoms with Crippen molar-refractivity contribution in [2.45, 2.75) is 26.6 Å². The van der Waals surface area contributed by atoms with Gasteiger partial charge in [0.05, 0.1) is 33.6 Å². The quantitative estimate of drug-likeness (QED) is 0.448. The SMILES string of the molecule is Cc1nnsc1CO/N=C/c1c(C)nn(C)c1Oc1cccc(C(F)(F)F)c1. The molecule has 0 aliphatic carbocycles. The fourth-order valence-corrected chi connectivity index (χ4v) is 2.88. The molecule has 11 heteroatoms. The monoisotopic (exact) mass is 411 g/mol. The van der Waals surface area contributed by atoms with Crippen LogP contribution in [0, 0.1) is 13.8 Å². The summed E-state index contributed by atoms with van der Waals surface area (Å²) in [6.07, 6.45) is -3.04. The fourth-order valence-electron chi connectivity index (χ4n) is 2.34. The third-order valence-corrected chi connectivity index (χ3v) is 4.58. The summed E-state index contributed by atoms with van der Waals surface area (Å²) in [5.41, 5.74) is 1.06. The fraction of sp³-hybridized carbons (Fsp3) is 0.294. The van der Waals surface area contributed by atoms with E-state index < -0.39 is 11.7 Å². The number of aryl methyl sites for hydroxylation is 3. The van der Waals surface area contributed by atoms with Crippen molar-refractivity contribution in [2.75, 3.05) is 0 Å². The van der Waals surface area contributed by atoms with Crippen LogP contribution in [0.1, 0.15) is 27.4 Å². The average Bonchev–Trinajstić information content (AvgIpc) is 3.15. The molecule has 0 radical (unpaired) electrons. The van der Waals surface area contributed by atoms with Crippen molar-refractivity contribution in [3.8, 4) is 11.6 Å². The number of benzene rings is 1. The first-order chi connectivity index (χ1) is 13.3. The van der Waals surface area contributed by atoms with Gasteiger partial charge in [-0.15, -0.1) is 5.10 Å². The molecule has 0 bridgehead atoms. The molecule has 0 N–H and O–H groups in total. The maximum Gasteiger partial charge on any atom is 0.416 e. The molecule has 0 unspecified atom stereocenters. The number of nitrogens with zero attached hydrogens (tertiary/aromatic N) is 5. The Morgan fingerprint density at radius 3 is 2.71 bits per heavy atom. The largest absolute Gasteiger partial charge is 0.439 e. The van der Waals surface area contributed by atoms with Gasteiger partial charge in [0.25, 0.3) is 0 Å². The van der Waals surface area contributed by atoms with Gasteiger partial charge in [0.1, 0.15) is 5.75 Å². The van der Waals surface area contributed by atoms with Crippen LogP contribution in [-0.2, 0) is 24.7 Å². The number of rotatable bonds is 6. The number of ether oxygens (including phenoxy) is 1. The molecule has 0 aliphatic rings. The van der Waals surface area contributed by atoms with Crippen LogP contribution in [0.5, 0.6) is 11.6 Å². The van der Waals surface area contributed by atoms with Gasteiger partial charge in [0.2, 0.25) is 5.88 Å². The minimum Gasteiger partial charge on any atom is -0.439 e. The predicted molar refractivity (Wildman–Crippen MR) is 96.5 cm³/mol. The summed E-state index contributed by atoms with van der Waals surface area (Å²) in [6.45, 7) is 3.76. The van der Waals surface area contributed by atoms with Gasteiger partial charge in [-0.05, 0) is 43.6 Å². The van der Waals surface area contributed by atoms with Gasteiger partial charge in [0.15, 0.2) is 6.61 Å². The van der Waals surface area contributed by atoms with Crippen LogP contribution in [-0.4, -0.2) is 25.6 Å². The minimum atomic E-state index is -4.45. The number of alkyl halides is 3. The standard InChI is InChI=1S/C17H16F3N5O2S/c1-10-14(8-21-26-9-15-11(2)22-24-28-15)16(25(3)23-10)27-13-6-4-5-12(7-13)17(18,19)20/h4-8H,9H2,1-3H3/b21-8+. The first kappa shape index (κ1) is 19.8. The molecule has 7 nitrogen and oxygen atoms in total. The molecule has 0 aliphatic heterocycles. The summed E-state index contributed by atoms with van der Waals surface area (Å²) in [5.74, 6) is 0.291. The summed E-state index contributed by atoms with van der Waals surface area (Å²) in [7, 11) is 1.63. The highest BCUT2D eigenvalue weighted by atomic mass is 32.1. The molecule has 2 heterocycles. The Bertz CT molecular complexity index is 997. The van der Waals surface area contributed by atoms with Crippen molar-refractivity contribution in [3.63, 3.8) is 0 Å². The van der Waals surface area contributed by atoms with E-state index in [1.807, 2.05) is 6.92 Å². The van der Waals surface area contributed by atoms with E-state index in [4.69, 9.17) is 9.57 Å². The number of hydrogen-bond acceptors (Lipinski definition) is 7. The van der Waals surface area contributed by atoms with E-state index in [1.165, 1.54) is 34.6 Å². The zero-order valence-corrected chi connectivity index (χ0v) is 16.0. The highest BCUT2D eigenvalue weighted by Gasteiger charge is 2.30. The van der Waals surface area contributed by atoms with Crippen LogP contribution >= 0.6 is 11.5 Å². The first-order valence-corrected chi connectivity index (χ1v) is 8.85. The van der Waals surface area contributed by atoms with Crippen molar-refractivity contribution in [3.05, 3.63) is 51.7 Å². The van der Waals surface area contributed by atoms with Crippen molar-refractivity contribution in [1.82, 2.24) is 19.4 Å². The normalized spacial score (nSPS) is 11.9. The molecule has 28 heavy (non-hydrogen) atoms. The van der Waals surface area contributed by atoms with Crippen LogP contribution < -0.4 is 4.74 Å². The molecule has 0 atom stereocenters. The van der Waals surface area contributed by atoms with Gasteiger partial charge in [0, 0.05) is 7.05 Å². The Balaban J connectivity index is 1.77. The van der Waals surface area contributed by atoms with Crippen molar-refractivity contribution in [1.29, 1.82) is 0 Å². The highest BCUT2D eigenvalue weighted by Crippen LogP contribution is 2.33. The molecule has 0 amide bonds. The Hall–Kier alpha value is -2.95. The van der Waals surface area contributed by atoms with Crippen molar-refractivity contribution >= 4 is 17.7 Å². The van der Waals surface area contributed by atoms with E-state index >= 15 is 0 Å². The molecular weight excluding hydrogens is 395 g/mol. The molecule has 3 rings (SSSR count). The van der Waals surface area contributed by atoms with Gasteiger partial charge in [-0.2, -0.15) is 18.3 Å². The summed E-state index contributed by atoms with van der Waals surface area (Å²) in [6, 6.07) is 4.63. The number of aromatic nitrogens is 4. The van der Waals surface area contributed by atoms with E-state index in [-0.39, 0.29) is 18.2 Å². The predicted octanol–water partition coefficient (Wildman–Crippen LogP) is 4.25. The van der Waals surface area contributed by atoms with Crippen LogP contribution in [0.25, 0.3) is 0 Å². The van der Waals surface area contributed by atoms with Crippen molar-refractivity contribution < 1.29 is 22.7 Å². The summed E-state index contributed by atoms with van der Waals surface area (Å²) in [5, 5.41) is 12.0. The van der Waals surface area contributed by atoms with Gasteiger partial charge >= 0.3 is 6.18 Å². The number of halogens is 3. The summed E-state index contributed by atoms with van der Waals surface area (Å²) < 4.78 is 49.6. The van der Waals surface area contributed by atoms with Gasteiger partial charge in [-0.25, -0.2) is 4.68 Å². The average molecular weight is 411 g/mol. The second-order valence-corrected chi connectivity index (χ2v) is 6.68.